The minimum atomic E-state index is -0.677. The summed E-state index contributed by atoms with van der Waals surface area (Å²) in [5, 5.41) is 13.9. The van der Waals surface area contributed by atoms with Crippen LogP contribution in [0.5, 0.6) is 11.5 Å². The summed E-state index contributed by atoms with van der Waals surface area (Å²) in [7, 11) is 1.47. The molecule has 326 valence electrons. The quantitative estimate of drug-likeness (QED) is 0.141. The predicted octanol–water partition coefficient (Wildman–Crippen LogP) is 11.1. The van der Waals surface area contributed by atoms with Crippen molar-refractivity contribution in [2.75, 3.05) is 33.3 Å². The van der Waals surface area contributed by atoms with Gasteiger partial charge < -0.3 is 19.3 Å². The Kier molecular flexibility index (Phi) is 13.5. The van der Waals surface area contributed by atoms with Gasteiger partial charge in [-0.3, -0.25) is 19.4 Å². The highest BCUT2D eigenvalue weighted by Crippen LogP contribution is 2.42. The molecular formula is C53H68N2O6. The van der Waals surface area contributed by atoms with E-state index in [0.29, 0.717) is 25.3 Å². The third kappa shape index (κ3) is 10.6. The highest BCUT2D eigenvalue weighted by molar-refractivity contribution is 5.85. The van der Waals surface area contributed by atoms with E-state index in [4.69, 9.17) is 19.3 Å². The molecule has 0 amide bonds. The molecule has 6 aliphatic rings. The Morgan fingerprint density at radius 1 is 0.508 bits per heavy atom. The number of carbonyl (C=O) groups excluding carboxylic acids is 1. The lowest BCUT2D eigenvalue weighted by molar-refractivity contribution is -0.151. The van der Waals surface area contributed by atoms with E-state index in [1.807, 2.05) is 0 Å². The average molecular weight is 829 g/mol. The lowest BCUT2D eigenvalue weighted by Crippen LogP contribution is -2.49. The number of hydrogen-bond donors (Lipinski definition) is 1. The summed E-state index contributed by atoms with van der Waals surface area (Å²) in [6.45, 7) is 4.60. The standard InChI is InChI=1S/C27H35NO3.C26H33NO3/c1-30-27(29)24-17-28(18-24)16-19-6-7-23-15-26(13-10-22(23)14-19)31-25-11-8-21(9-12-25)20-4-2-3-5-20;28-26(29)23-16-27(17-23)15-18-5-6-22-14-25(12-9-21(22)13-18)30-24-10-7-20(8-11-24)19-3-1-2-4-19/h6-7,10,13-15,20-21,24-25H,2-5,8-9,11-12,16-18H2,1H3;5-6,9,12-14,19-20,23-24H,1-4,7-8,10-11,15-17H2,(H,28,29). The molecule has 2 saturated heterocycles. The van der Waals surface area contributed by atoms with Crippen LogP contribution in [0.25, 0.3) is 21.5 Å². The molecule has 4 saturated carbocycles. The van der Waals surface area contributed by atoms with Crippen LogP contribution in [0.3, 0.4) is 0 Å². The summed E-state index contributed by atoms with van der Waals surface area (Å²) in [5.74, 6) is 4.96. The molecule has 6 fully saturated rings. The highest BCUT2D eigenvalue weighted by Gasteiger charge is 2.35. The van der Waals surface area contributed by atoms with Gasteiger partial charge >= 0.3 is 11.9 Å². The maximum atomic E-state index is 11.6. The van der Waals surface area contributed by atoms with Crippen LogP contribution >= 0.6 is 0 Å². The van der Waals surface area contributed by atoms with Crippen LogP contribution in [0.2, 0.25) is 0 Å². The van der Waals surface area contributed by atoms with Crippen LogP contribution in [-0.2, 0) is 27.4 Å². The van der Waals surface area contributed by atoms with Gasteiger partial charge in [0.25, 0.3) is 0 Å². The van der Waals surface area contributed by atoms with Gasteiger partial charge in [-0.15, -0.1) is 0 Å². The van der Waals surface area contributed by atoms with Crippen LogP contribution in [-0.4, -0.2) is 72.3 Å². The number of esters is 1. The Morgan fingerprint density at radius 3 is 1.30 bits per heavy atom. The molecule has 8 nitrogen and oxygen atoms in total. The SMILES string of the molecule is COC(=O)C1CN(Cc2ccc3cc(OC4CCC(C5CCCC5)CC4)ccc3c2)C1.O=C(O)C1CN(Cc2ccc3cc(OC4CCC(C5CCCC5)CC4)ccc3c2)C1. The second kappa shape index (κ2) is 19.5. The van der Waals surface area contributed by atoms with Gasteiger partial charge in [0.1, 0.15) is 11.5 Å². The van der Waals surface area contributed by atoms with Crippen LogP contribution in [0.4, 0.5) is 0 Å². The molecule has 10 rings (SSSR count). The molecule has 0 atom stereocenters. The number of carboxylic acid groups (broad SMARTS) is 1. The van der Waals surface area contributed by atoms with Crippen molar-refractivity contribution in [1.29, 1.82) is 0 Å². The van der Waals surface area contributed by atoms with E-state index in [0.717, 1.165) is 61.3 Å². The van der Waals surface area contributed by atoms with Crippen molar-refractivity contribution in [3.8, 4) is 11.5 Å². The monoisotopic (exact) mass is 829 g/mol. The van der Waals surface area contributed by atoms with E-state index < -0.39 is 5.97 Å². The number of carbonyl (C=O) groups is 2. The summed E-state index contributed by atoms with van der Waals surface area (Å²) in [6, 6.07) is 26.2. The fourth-order valence-electron chi connectivity index (χ4n) is 11.9. The first-order chi connectivity index (χ1) is 29.8. The van der Waals surface area contributed by atoms with Gasteiger partial charge in [0.2, 0.25) is 0 Å². The van der Waals surface area contributed by atoms with Crippen molar-refractivity contribution in [2.45, 2.75) is 128 Å². The Morgan fingerprint density at radius 2 is 0.885 bits per heavy atom. The second-order valence-electron chi connectivity index (χ2n) is 19.7. The molecule has 4 aromatic carbocycles. The van der Waals surface area contributed by atoms with Gasteiger partial charge in [0.05, 0.1) is 31.2 Å². The van der Waals surface area contributed by atoms with Gasteiger partial charge in [-0.05, 0) is 144 Å². The lowest BCUT2D eigenvalue weighted by Gasteiger charge is -2.37. The van der Waals surface area contributed by atoms with E-state index in [1.165, 1.54) is 143 Å². The molecule has 2 aliphatic heterocycles. The molecular weight excluding hydrogens is 761 g/mol. The first kappa shape index (κ1) is 42.2. The van der Waals surface area contributed by atoms with E-state index in [2.05, 4.69) is 82.6 Å². The number of nitrogens with zero attached hydrogens (tertiary/aromatic N) is 2. The number of ether oxygens (including phenoxy) is 3. The number of benzene rings is 4. The van der Waals surface area contributed by atoms with Gasteiger partial charge in [-0.2, -0.15) is 0 Å². The smallest absolute Gasteiger partial charge is 0.311 e. The largest absolute Gasteiger partial charge is 0.490 e. The maximum absolute atomic E-state index is 11.6. The van der Waals surface area contributed by atoms with Crippen LogP contribution < -0.4 is 9.47 Å². The third-order valence-electron chi connectivity index (χ3n) is 15.5. The number of rotatable bonds is 12. The average Bonchev–Trinajstić information content (AvgIpc) is 4.00. The van der Waals surface area contributed by atoms with Gasteiger partial charge in [0, 0.05) is 39.3 Å². The van der Waals surface area contributed by atoms with Crippen LogP contribution in [0, 0.1) is 35.5 Å². The minimum Gasteiger partial charge on any atom is -0.490 e. The van der Waals surface area contributed by atoms with Crippen molar-refractivity contribution < 1.29 is 28.9 Å². The molecule has 4 aromatic rings. The second-order valence-corrected chi connectivity index (χ2v) is 19.7. The Bertz CT molecular complexity index is 2100. The first-order valence-corrected chi connectivity index (χ1v) is 24.0. The summed E-state index contributed by atoms with van der Waals surface area (Å²) in [6.07, 6.45) is 22.6. The lowest BCUT2D eigenvalue weighted by atomic mass is 9.78. The van der Waals surface area contributed by atoms with E-state index >= 15 is 0 Å². The number of fused-ring (bicyclic) bond motifs is 2. The minimum absolute atomic E-state index is 0.0402. The number of methoxy groups -OCH3 is 1. The zero-order chi connectivity index (χ0) is 41.7. The first-order valence-electron chi connectivity index (χ1n) is 24.0. The van der Waals surface area contributed by atoms with Crippen molar-refractivity contribution >= 4 is 33.5 Å². The number of carboxylic acids is 1. The van der Waals surface area contributed by atoms with E-state index in [-0.39, 0.29) is 17.8 Å². The summed E-state index contributed by atoms with van der Waals surface area (Å²) < 4.78 is 17.6. The fraction of sp³-hybridized carbons (Fsp3) is 0.585. The normalized spacial score (nSPS) is 25.7. The fourth-order valence-corrected chi connectivity index (χ4v) is 11.9. The summed E-state index contributed by atoms with van der Waals surface area (Å²) in [5.41, 5.74) is 2.53. The van der Waals surface area contributed by atoms with Crippen LogP contribution in [0.15, 0.2) is 72.8 Å². The van der Waals surface area contributed by atoms with Gasteiger partial charge in [-0.25, -0.2) is 0 Å². The topological polar surface area (TPSA) is 88.5 Å². The third-order valence-corrected chi connectivity index (χ3v) is 15.5. The van der Waals surface area contributed by atoms with Gasteiger partial charge in [-0.1, -0.05) is 87.8 Å². The zero-order valence-corrected chi connectivity index (χ0v) is 36.5. The maximum Gasteiger partial charge on any atom is 0.311 e. The number of hydrogen-bond acceptors (Lipinski definition) is 7. The van der Waals surface area contributed by atoms with E-state index in [1.54, 1.807) is 0 Å². The molecule has 0 radical (unpaired) electrons. The molecule has 61 heavy (non-hydrogen) atoms. The van der Waals surface area contributed by atoms with E-state index in [9.17, 15) is 9.59 Å². The molecule has 1 N–H and O–H groups in total. The molecule has 8 heteroatoms. The highest BCUT2D eigenvalue weighted by atomic mass is 16.5. The van der Waals surface area contributed by atoms with Crippen molar-refractivity contribution in [1.82, 2.24) is 9.80 Å². The molecule has 0 aromatic heterocycles. The van der Waals surface area contributed by atoms with Crippen molar-refractivity contribution in [3.05, 3.63) is 83.9 Å². The van der Waals surface area contributed by atoms with Gasteiger partial charge in [0.15, 0.2) is 0 Å². The number of aliphatic carboxylic acids is 1. The number of likely N-dealkylation sites (tertiary alicyclic amines) is 2. The Balaban J connectivity index is 0.000000156. The molecule has 0 bridgehead atoms. The summed E-state index contributed by atoms with van der Waals surface area (Å²) in [4.78, 5) is 27.0. The molecule has 4 aliphatic carbocycles. The Hall–Kier alpha value is -4.14. The predicted molar refractivity (Wildman–Crippen MR) is 242 cm³/mol. The summed E-state index contributed by atoms with van der Waals surface area (Å²) >= 11 is 0. The Labute approximate surface area is 363 Å². The zero-order valence-electron chi connectivity index (χ0n) is 36.5. The van der Waals surface area contributed by atoms with Crippen molar-refractivity contribution in [3.63, 3.8) is 0 Å². The van der Waals surface area contributed by atoms with Crippen molar-refractivity contribution in [2.24, 2.45) is 35.5 Å². The van der Waals surface area contributed by atoms with Crippen LogP contribution in [0.1, 0.15) is 114 Å². The molecule has 0 spiro atoms. The molecule has 0 unspecified atom stereocenters. The molecule has 2 heterocycles.